The van der Waals surface area contributed by atoms with E-state index in [0.29, 0.717) is 12.2 Å². The van der Waals surface area contributed by atoms with Gasteiger partial charge in [0, 0.05) is 0 Å². The molecule has 0 radical (unpaired) electrons. The predicted molar refractivity (Wildman–Crippen MR) is 53.9 cm³/mol. The Hall–Kier alpha value is -0.820. The first-order valence-electron chi connectivity index (χ1n) is 4.83. The molecule has 70 valence electrons. The van der Waals surface area contributed by atoms with Gasteiger partial charge in [-0.3, -0.25) is 0 Å². The molecule has 1 heteroatoms. The van der Waals surface area contributed by atoms with Gasteiger partial charge in [-0.15, -0.1) is 0 Å². The summed E-state index contributed by atoms with van der Waals surface area (Å²) in [5.41, 5.74) is 5.48. The molecule has 0 aliphatic carbocycles. The first kappa shape index (κ1) is 8.76. The maximum atomic E-state index is 5.50. The molecule has 1 aliphatic rings. The molecule has 1 aliphatic heterocycles. The highest BCUT2D eigenvalue weighted by molar-refractivity contribution is 5.40. The number of epoxide rings is 1. The van der Waals surface area contributed by atoms with Gasteiger partial charge in [-0.2, -0.15) is 0 Å². The average molecular weight is 176 g/mol. The van der Waals surface area contributed by atoms with Crippen molar-refractivity contribution in [2.75, 3.05) is 0 Å². The normalized spacial score (nSPS) is 26.2. The number of ether oxygens (including phenoxy) is 1. The number of benzene rings is 1. The standard InChI is InChI=1S/C12H16O/c1-7-5-8(2)11(9(3)6-7)12-10(4)13-12/h5-6,10,12H,1-4H3. The Morgan fingerprint density at radius 3 is 1.92 bits per heavy atom. The van der Waals surface area contributed by atoms with Crippen molar-refractivity contribution in [3.05, 3.63) is 34.4 Å². The summed E-state index contributed by atoms with van der Waals surface area (Å²) in [7, 11) is 0. The third-order valence-corrected chi connectivity index (χ3v) is 2.73. The van der Waals surface area contributed by atoms with Crippen LogP contribution in [-0.4, -0.2) is 6.10 Å². The van der Waals surface area contributed by atoms with Crippen molar-refractivity contribution >= 4 is 0 Å². The van der Waals surface area contributed by atoms with Crippen LogP contribution in [0.1, 0.15) is 35.3 Å². The molecule has 0 saturated carbocycles. The molecule has 1 aromatic rings. The Labute approximate surface area is 79.7 Å². The average Bonchev–Trinajstić information content (AvgIpc) is 2.64. The molecular weight excluding hydrogens is 160 g/mol. The molecule has 0 spiro atoms. The topological polar surface area (TPSA) is 12.5 Å². The van der Waals surface area contributed by atoms with Gasteiger partial charge in [-0.05, 0) is 44.4 Å². The summed E-state index contributed by atoms with van der Waals surface area (Å²) >= 11 is 0. The quantitative estimate of drug-likeness (QED) is 0.599. The number of rotatable bonds is 1. The van der Waals surface area contributed by atoms with E-state index in [1.807, 2.05) is 0 Å². The van der Waals surface area contributed by atoms with Crippen molar-refractivity contribution in [1.82, 2.24) is 0 Å². The maximum absolute atomic E-state index is 5.50. The largest absolute Gasteiger partial charge is 0.365 e. The van der Waals surface area contributed by atoms with Crippen LogP contribution >= 0.6 is 0 Å². The summed E-state index contributed by atoms with van der Waals surface area (Å²) in [6, 6.07) is 4.47. The summed E-state index contributed by atoms with van der Waals surface area (Å²) in [5.74, 6) is 0. The minimum atomic E-state index is 0.362. The molecule has 0 amide bonds. The van der Waals surface area contributed by atoms with Crippen molar-refractivity contribution in [1.29, 1.82) is 0 Å². The molecule has 2 rings (SSSR count). The molecular formula is C12H16O. The van der Waals surface area contributed by atoms with Crippen LogP contribution in [0.25, 0.3) is 0 Å². The molecule has 1 fully saturated rings. The number of hydrogen-bond donors (Lipinski definition) is 0. The van der Waals surface area contributed by atoms with Gasteiger partial charge in [0.1, 0.15) is 6.10 Å². The Balaban J connectivity index is 2.45. The molecule has 1 heterocycles. The van der Waals surface area contributed by atoms with Crippen molar-refractivity contribution < 1.29 is 4.74 Å². The van der Waals surface area contributed by atoms with E-state index in [2.05, 4.69) is 39.8 Å². The van der Waals surface area contributed by atoms with Crippen molar-refractivity contribution in [2.45, 2.75) is 39.9 Å². The van der Waals surface area contributed by atoms with Gasteiger partial charge in [-0.1, -0.05) is 17.7 Å². The van der Waals surface area contributed by atoms with E-state index in [4.69, 9.17) is 4.74 Å². The first-order valence-corrected chi connectivity index (χ1v) is 4.83. The van der Waals surface area contributed by atoms with E-state index in [0.717, 1.165) is 0 Å². The van der Waals surface area contributed by atoms with Gasteiger partial charge in [-0.25, -0.2) is 0 Å². The van der Waals surface area contributed by atoms with Gasteiger partial charge in [0.2, 0.25) is 0 Å². The Bertz CT molecular complexity index is 318. The van der Waals surface area contributed by atoms with Crippen LogP contribution in [0, 0.1) is 20.8 Å². The number of hydrogen-bond acceptors (Lipinski definition) is 1. The van der Waals surface area contributed by atoms with Crippen LogP contribution < -0.4 is 0 Å². The van der Waals surface area contributed by atoms with E-state index in [-0.39, 0.29) is 0 Å². The summed E-state index contributed by atoms with van der Waals surface area (Å²) in [6.45, 7) is 8.61. The summed E-state index contributed by atoms with van der Waals surface area (Å²) < 4.78 is 5.50. The Morgan fingerprint density at radius 1 is 1.08 bits per heavy atom. The lowest BCUT2D eigenvalue weighted by Gasteiger charge is -2.08. The molecule has 0 aromatic heterocycles. The van der Waals surface area contributed by atoms with Gasteiger partial charge < -0.3 is 4.74 Å². The molecule has 2 unspecified atom stereocenters. The van der Waals surface area contributed by atoms with E-state index < -0.39 is 0 Å². The van der Waals surface area contributed by atoms with Crippen LogP contribution in [0.2, 0.25) is 0 Å². The third-order valence-electron chi connectivity index (χ3n) is 2.73. The zero-order valence-corrected chi connectivity index (χ0v) is 8.72. The van der Waals surface area contributed by atoms with Crippen molar-refractivity contribution in [3.63, 3.8) is 0 Å². The summed E-state index contributed by atoms with van der Waals surface area (Å²) in [4.78, 5) is 0. The zero-order valence-electron chi connectivity index (χ0n) is 8.72. The SMILES string of the molecule is Cc1cc(C)c(C2OC2C)c(C)c1. The predicted octanol–water partition coefficient (Wildman–Crippen LogP) is 3.07. The highest BCUT2D eigenvalue weighted by Gasteiger charge is 2.37. The highest BCUT2D eigenvalue weighted by Crippen LogP contribution is 2.41. The highest BCUT2D eigenvalue weighted by atomic mass is 16.6. The van der Waals surface area contributed by atoms with Gasteiger partial charge in [0.15, 0.2) is 0 Å². The van der Waals surface area contributed by atoms with Gasteiger partial charge in [0.25, 0.3) is 0 Å². The summed E-state index contributed by atoms with van der Waals surface area (Å²) in [6.07, 6.45) is 0.778. The van der Waals surface area contributed by atoms with Crippen molar-refractivity contribution in [3.8, 4) is 0 Å². The second kappa shape index (κ2) is 2.85. The third kappa shape index (κ3) is 1.49. The first-order chi connectivity index (χ1) is 6.09. The second-order valence-corrected chi connectivity index (χ2v) is 4.07. The van der Waals surface area contributed by atoms with E-state index in [9.17, 15) is 0 Å². The number of aryl methyl sites for hydroxylation is 3. The smallest absolute Gasteiger partial charge is 0.109 e. The molecule has 0 N–H and O–H groups in total. The fraction of sp³-hybridized carbons (Fsp3) is 0.500. The lowest BCUT2D eigenvalue weighted by atomic mass is 9.96. The van der Waals surface area contributed by atoms with Crippen molar-refractivity contribution in [2.24, 2.45) is 0 Å². The monoisotopic (exact) mass is 176 g/mol. The van der Waals surface area contributed by atoms with Crippen LogP contribution in [0.3, 0.4) is 0 Å². The maximum Gasteiger partial charge on any atom is 0.109 e. The van der Waals surface area contributed by atoms with Crippen LogP contribution in [0.15, 0.2) is 12.1 Å². The van der Waals surface area contributed by atoms with E-state index in [1.54, 1.807) is 0 Å². The minimum absolute atomic E-state index is 0.362. The Morgan fingerprint density at radius 2 is 1.54 bits per heavy atom. The molecule has 1 nitrogen and oxygen atoms in total. The zero-order chi connectivity index (χ0) is 9.59. The summed E-state index contributed by atoms with van der Waals surface area (Å²) in [5, 5.41) is 0. The second-order valence-electron chi connectivity index (χ2n) is 4.07. The lowest BCUT2D eigenvalue weighted by Crippen LogP contribution is -1.94. The van der Waals surface area contributed by atoms with Gasteiger partial charge in [0.05, 0.1) is 6.10 Å². The van der Waals surface area contributed by atoms with E-state index >= 15 is 0 Å². The Kier molecular flexibility index (Phi) is 1.92. The molecule has 2 atom stereocenters. The fourth-order valence-corrected chi connectivity index (χ4v) is 2.13. The van der Waals surface area contributed by atoms with Gasteiger partial charge >= 0.3 is 0 Å². The minimum Gasteiger partial charge on any atom is -0.365 e. The molecule has 1 aromatic carbocycles. The van der Waals surface area contributed by atoms with Crippen LogP contribution in [0.4, 0.5) is 0 Å². The fourth-order valence-electron chi connectivity index (χ4n) is 2.13. The van der Waals surface area contributed by atoms with Crippen LogP contribution in [0.5, 0.6) is 0 Å². The van der Waals surface area contributed by atoms with Crippen LogP contribution in [-0.2, 0) is 4.74 Å². The lowest BCUT2D eigenvalue weighted by molar-refractivity contribution is 0.382. The molecule has 1 saturated heterocycles. The molecule has 13 heavy (non-hydrogen) atoms. The van der Waals surface area contributed by atoms with E-state index in [1.165, 1.54) is 22.3 Å². The molecule has 0 bridgehead atoms.